The molecule has 6 heteroatoms. The number of ketones is 1. The van der Waals surface area contributed by atoms with Crippen LogP contribution < -0.4 is 10.1 Å². The lowest BCUT2D eigenvalue weighted by atomic mass is 10.0. The van der Waals surface area contributed by atoms with Gasteiger partial charge in [0.05, 0.1) is 7.11 Å². The van der Waals surface area contributed by atoms with Gasteiger partial charge >= 0.3 is 0 Å². The molecule has 0 unspecified atom stereocenters. The molecule has 0 aliphatic heterocycles. The van der Waals surface area contributed by atoms with Gasteiger partial charge in [-0.1, -0.05) is 18.2 Å². The predicted molar refractivity (Wildman–Crippen MR) is 111 cm³/mol. The Hall–Kier alpha value is -3.38. The highest BCUT2D eigenvalue weighted by Crippen LogP contribution is 2.25. The van der Waals surface area contributed by atoms with Crippen molar-refractivity contribution < 1.29 is 14.3 Å². The van der Waals surface area contributed by atoms with Gasteiger partial charge in [0.1, 0.15) is 5.75 Å². The first-order valence-electron chi connectivity index (χ1n) is 8.90. The van der Waals surface area contributed by atoms with Crippen molar-refractivity contribution in [2.75, 3.05) is 33.1 Å². The van der Waals surface area contributed by atoms with Gasteiger partial charge in [0.15, 0.2) is 5.78 Å². The number of rotatable bonds is 7. The maximum atomic E-state index is 13.0. The number of aromatic amines is 1. The predicted octanol–water partition coefficient (Wildman–Crippen LogP) is 3.46. The van der Waals surface area contributed by atoms with Crippen LogP contribution in [0.4, 0.5) is 5.69 Å². The number of fused-ring (bicyclic) bond motifs is 1. The number of H-pyrrole nitrogens is 1. The van der Waals surface area contributed by atoms with Crippen LogP contribution >= 0.6 is 0 Å². The van der Waals surface area contributed by atoms with E-state index >= 15 is 0 Å². The Bertz CT molecular complexity index is 1030. The van der Waals surface area contributed by atoms with Crippen LogP contribution in [0.1, 0.15) is 15.9 Å². The fourth-order valence-corrected chi connectivity index (χ4v) is 2.87. The number of hydrogen-bond acceptors (Lipinski definition) is 4. The third-order valence-corrected chi connectivity index (χ3v) is 4.27. The van der Waals surface area contributed by atoms with Crippen LogP contribution in [0.2, 0.25) is 0 Å². The molecular formula is C22H23N3O3. The largest absolute Gasteiger partial charge is 0.497 e. The van der Waals surface area contributed by atoms with Gasteiger partial charge in [0.2, 0.25) is 5.91 Å². The van der Waals surface area contributed by atoms with Crippen LogP contribution in [0.15, 0.2) is 60.8 Å². The van der Waals surface area contributed by atoms with Gasteiger partial charge in [-0.2, -0.15) is 0 Å². The topological polar surface area (TPSA) is 74.4 Å². The maximum Gasteiger partial charge on any atom is 0.248 e. The van der Waals surface area contributed by atoms with Crippen LogP contribution in [0.25, 0.3) is 10.9 Å². The van der Waals surface area contributed by atoms with E-state index in [1.54, 1.807) is 43.6 Å². The maximum absolute atomic E-state index is 13.0. The van der Waals surface area contributed by atoms with E-state index in [4.69, 9.17) is 4.74 Å². The van der Waals surface area contributed by atoms with Gasteiger partial charge in [-0.05, 0) is 38.4 Å². The molecule has 0 saturated heterocycles. The van der Waals surface area contributed by atoms with E-state index in [0.717, 1.165) is 16.7 Å². The van der Waals surface area contributed by atoms with Crippen LogP contribution in [0.5, 0.6) is 5.75 Å². The number of amides is 1. The molecule has 0 radical (unpaired) electrons. The quantitative estimate of drug-likeness (QED) is 0.488. The summed E-state index contributed by atoms with van der Waals surface area (Å²) < 4.78 is 5.22. The summed E-state index contributed by atoms with van der Waals surface area (Å²) in [7, 11) is 5.46. The molecule has 144 valence electrons. The van der Waals surface area contributed by atoms with E-state index in [9.17, 15) is 9.59 Å². The van der Waals surface area contributed by atoms with E-state index in [0.29, 0.717) is 23.4 Å². The van der Waals surface area contributed by atoms with E-state index in [1.807, 2.05) is 37.2 Å². The average molecular weight is 377 g/mol. The number of anilines is 1. The van der Waals surface area contributed by atoms with Gasteiger partial charge < -0.3 is 19.9 Å². The van der Waals surface area contributed by atoms with Gasteiger partial charge in [0.25, 0.3) is 0 Å². The van der Waals surface area contributed by atoms with Crippen LogP contribution in [0.3, 0.4) is 0 Å². The number of carbonyl (C=O) groups excluding carboxylic acids is 2. The highest BCUT2D eigenvalue weighted by Gasteiger charge is 2.15. The standard InChI is InChI=1S/C22H23N3O3/c1-25(2)11-5-8-21(26)24-16-7-4-6-15(12-16)22(27)19-14-23-20-13-17(28-3)9-10-18(19)20/h4-10,12-14,23H,11H2,1-3H3,(H,24,26). The number of hydrogen-bond donors (Lipinski definition) is 2. The van der Waals surface area contributed by atoms with Gasteiger partial charge in [0, 0.05) is 52.6 Å². The molecule has 1 amide bonds. The first-order chi connectivity index (χ1) is 13.5. The molecule has 0 spiro atoms. The molecule has 1 heterocycles. The zero-order valence-corrected chi connectivity index (χ0v) is 16.2. The number of benzene rings is 2. The zero-order valence-electron chi connectivity index (χ0n) is 16.2. The monoisotopic (exact) mass is 377 g/mol. The highest BCUT2D eigenvalue weighted by atomic mass is 16.5. The Kier molecular flexibility index (Phi) is 5.91. The number of nitrogens with zero attached hydrogens (tertiary/aromatic N) is 1. The number of methoxy groups -OCH3 is 1. The molecule has 2 N–H and O–H groups in total. The van der Waals surface area contributed by atoms with Crippen molar-refractivity contribution in [3.63, 3.8) is 0 Å². The SMILES string of the molecule is COc1ccc2c(C(=O)c3cccc(NC(=O)C=CCN(C)C)c3)c[nH]c2c1. The summed E-state index contributed by atoms with van der Waals surface area (Å²) in [6.45, 7) is 0.678. The minimum Gasteiger partial charge on any atom is -0.497 e. The van der Waals surface area contributed by atoms with Crippen molar-refractivity contribution in [3.05, 3.63) is 71.9 Å². The van der Waals surface area contributed by atoms with Crippen LogP contribution in [-0.2, 0) is 4.79 Å². The summed E-state index contributed by atoms with van der Waals surface area (Å²) in [5, 5.41) is 3.61. The van der Waals surface area contributed by atoms with E-state index in [1.165, 1.54) is 6.08 Å². The highest BCUT2D eigenvalue weighted by molar-refractivity contribution is 6.17. The molecule has 2 aromatic carbocycles. The number of likely N-dealkylation sites (N-methyl/N-ethyl adjacent to an activating group) is 1. The summed E-state index contributed by atoms with van der Waals surface area (Å²) in [6, 6.07) is 12.5. The first kappa shape index (κ1) is 19.4. The lowest BCUT2D eigenvalue weighted by molar-refractivity contribution is -0.111. The summed E-state index contributed by atoms with van der Waals surface area (Å²) in [5.74, 6) is 0.377. The fourth-order valence-electron chi connectivity index (χ4n) is 2.87. The molecule has 0 fully saturated rings. The third kappa shape index (κ3) is 4.47. The van der Waals surface area contributed by atoms with Crippen molar-refractivity contribution in [1.29, 1.82) is 0 Å². The molecule has 28 heavy (non-hydrogen) atoms. The molecular weight excluding hydrogens is 354 g/mol. The second-order valence-corrected chi connectivity index (χ2v) is 6.68. The van der Waals surface area contributed by atoms with Crippen molar-refractivity contribution >= 4 is 28.3 Å². The van der Waals surface area contributed by atoms with Gasteiger partial charge in [-0.3, -0.25) is 9.59 Å². The molecule has 0 saturated carbocycles. The third-order valence-electron chi connectivity index (χ3n) is 4.27. The molecule has 0 aliphatic rings. The summed E-state index contributed by atoms with van der Waals surface area (Å²) in [5.41, 5.74) is 2.49. The Morgan fingerprint density at radius 1 is 1.18 bits per heavy atom. The average Bonchev–Trinajstić information content (AvgIpc) is 3.10. The van der Waals surface area contributed by atoms with Crippen molar-refractivity contribution in [2.24, 2.45) is 0 Å². The lowest BCUT2D eigenvalue weighted by Gasteiger charge is -2.06. The molecule has 3 aromatic rings. The molecule has 3 rings (SSSR count). The van der Waals surface area contributed by atoms with Crippen molar-refractivity contribution in [1.82, 2.24) is 9.88 Å². The summed E-state index contributed by atoms with van der Waals surface area (Å²) in [6.07, 6.45) is 4.97. The molecule has 0 aliphatic carbocycles. The fraction of sp³-hybridized carbons (Fsp3) is 0.182. The normalized spacial score (nSPS) is 11.3. The molecule has 6 nitrogen and oxygen atoms in total. The minimum atomic E-state index is -0.231. The smallest absolute Gasteiger partial charge is 0.248 e. The van der Waals surface area contributed by atoms with Crippen molar-refractivity contribution in [2.45, 2.75) is 0 Å². The summed E-state index contributed by atoms with van der Waals surface area (Å²) >= 11 is 0. The second-order valence-electron chi connectivity index (χ2n) is 6.68. The van der Waals surface area contributed by atoms with Gasteiger partial charge in [-0.15, -0.1) is 0 Å². The Balaban J connectivity index is 1.79. The minimum absolute atomic E-state index is 0.115. The lowest BCUT2D eigenvalue weighted by Crippen LogP contribution is -2.13. The number of aromatic nitrogens is 1. The second kappa shape index (κ2) is 8.54. The first-order valence-corrected chi connectivity index (χ1v) is 8.90. The number of nitrogens with one attached hydrogen (secondary N) is 2. The number of ether oxygens (including phenoxy) is 1. The zero-order chi connectivity index (χ0) is 20.1. The Labute approximate surface area is 163 Å². The molecule has 0 bridgehead atoms. The molecule has 1 aromatic heterocycles. The Morgan fingerprint density at radius 3 is 2.75 bits per heavy atom. The van der Waals surface area contributed by atoms with Crippen LogP contribution in [0, 0.1) is 0 Å². The van der Waals surface area contributed by atoms with E-state index < -0.39 is 0 Å². The van der Waals surface area contributed by atoms with E-state index in [-0.39, 0.29) is 11.7 Å². The summed E-state index contributed by atoms with van der Waals surface area (Å²) in [4.78, 5) is 30.1. The number of carbonyl (C=O) groups is 2. The molecule has 0 atom stereocenters. The van der Waals surface area contributed by atoms with Gasteiger partial charge in [-0.25, -0.2) is 0 Å². The van der Waals surface area contributed by atoms with Crippen molar-refractivity contribution in [3.8, 4) is 5.75 Å². The van der Waals surface area contributed by atoms with Crippen LogP contribution in [-0.4, -0.2) is 49.3 Å². The Morgan fingerprint density at radius 2 is 2.00 bits per heavy atom. The van der Waals surface area contributed by atoms with E-state index in [2.05, 4.69) is 10.3 Å².